The van der Waals surface area contributed by atoms with Gasteiger partial charge in [-0.1, -0.05) is 12.1 Å². The number of fused-ring (bicyclic) bond motifs is 1. The molecule has 1 aliphatic rings. The third-order valence-corrected chi connectivity index (χ3v) is 4.12. The molecule has 0 saturated carbocycles. The maximum Gasteiger partial charge on any atom is 0.255 e. The molecule has 3 aromatic rings. The van der Waals surface area contributed by atoms with Gasteiger partial charge in [0.15, 0.2) is 0 Å². The second-order valence-electron chi connectivity index (χ2n) is 6.01. The first-order valence-corrected chi connectivity index (χ1v) is 7.93. The number of aromatic nitrogens is 2. The summed E-state index contributed by atoms with van der Waals surface area (Å²) in [7, 11) is 1.86. The van der Waals surface area contributed by atoms with E-state index in [1.807, 2.05) is 43.6 Å². The lowest BCUT2D eigenvalue weighted by atomic mass is 10.1. The van der Waals surface area contributed by atoms with Gasteiger partial charge >= 0.3 is 0 Å². The number of carbonyl (C=O) groups is 2. The molecule has 2 amide bonds. The van der Waals surface area contributed by atoms with Crippen molar-refractivity contribution in [1.82, 2.24) is 9.78 Å². The standard InChI is InChI=1S/C19H16N4O2/c1-23-8-7-17(22-23)12-3-2-4-15(10-12)20-19(25)13-5-6-16-14(9-13)11-18(24)21-16/h2-10H,11H2,1H3,(H,20,25)(H,21,24). The van der Waals surface area contributed by atoms with Crippen LogP contribution in [-0.2, 0) is 18.3 Å². The molecule has 6 nitrogen and oxygen atoms in total. The van der Waals surface area contributed by atoms with Crippen molar-refractivity contribution in [2.75, 3.05) is 10.6 Å². The van der Waals surface area contributed by atoms with Crippen LogP contribution in [0.2, 0.25) is 0 Å². The SMILES string of the molecule is Cn1ccc(-c2cccc(NC(=O)c3ccc4c(c3)CC(=O)N4)c2)n1. The second-order valence-corrected chi connectivity index (χ2v) is 6.01. The van der Waals surface area contributed by atoms with Gasteiger partial charge in [0.25, 0.3) is 5.91 Å². The maximum atomic E-state index is 12.5. The van der Waals surface area contributed by atoms with Crippen LogP contribution in [0.15, 0.2) is 54.7 Å². The highest BCUT2D eigenvalue weighted by molar-refractivity contribution is 6.06. The third-order valence-electron chi connectivity index (χ3n) is 4.12. The van der Waals surface area contributed by atoms with Gasteiger partial charge in [0.2, 0.25) is 5.91 Å². The second kappa shape index (κ2) is 5.90. The van der Waals surface area contributed by atoms with Gasteiger partial charge in [-0.2, -0.15) is 5.10 Å². The number of benzene rings is 2. The molecule has 2 heterocycles. The summed E-state index contributed by atoms with van der Waals surface area (Å²) < 4.78 is 1.74. The van der Waals surface area contributed by atoms with E-state index < -0.39 is 0 Å². The van der Waals surface area contributed by atoms with E-state index in [4.69, 9.17) is 0 Å². The molecule has 1 aliphatic heterocycles. The van der Waals surface area contributed by atoms with Crippen molar-refractivity contribution in [1.29, 1.82) is 0 Å². The molecule has 0 fully saturated rings. The van der Waals surface area contributed by atoms with Gasteiger partial charge in [-0.3, -0.25) is 14.3 Å². The largest absolute Gasteiger partial charge is 0.326 e. The van der Waals surface area contributed by atoms with E-state index in [1.54, 1.807) is 22.9 Å². The van der Waals surface area contributed by atoms with E-state index >= 15 is 0 Å². The van der Waals surface area contributed by atoms with Crippen LogP contribution < -0.4 is 10.6 Å². The van der Waals surface area contributed by atoms with Crippen LogP contribution in [0.4, 0.5) is 11.4 Å². The highest BCUT2D eigenvalue weighted by Crippen LogP contribution is 2.25. The van der Waals surface area contributed by atoms with Crippen molar-refractivity contribution in [3.8, 4) is 11.3 Å². The first-order valence-electron chi connectivity index (χ1n) is 7.93. The van der Waals surface area contributed by atoms with Crippen LogP contribution in [0.25, 0.3) is 11.3 Å². The predicted octanol–water partition coefficient (Wildman–Crippen LogP) is 2.83. The maximum absolute atomic E-state index is 12.5. The highest BCUT2D eigenvalue weighted by Gasteiger charge is 2.19. The number of carbonyl (C=O) groups excluding carboxylic acids is 2. The molecule has 0 radical (unpaired) electrons. The van der Waals surface area contributed by atoms with Crippen LogP contribution in [0.5, 0.6) is 0 Å². The predicted molar refractivity (Wildman–Crippen MR) is 95.4 cm³/mol. The lowest BCUT2D eigenvalue weighted by molar-refractivity contribution is -0.115. The average Bonchev–Trinajstić information content (AvgIpc) is 3.19. The monoisotopic (exact) mass is 332 g/mol. The lowest BCUT2D eigenvalue weighted by Gasteiger charge is -2.08. The molecule has 2 aromatic carbocycles. The number of amides is 2. The summed E-state index contributed by atoms with van der Waals surface area (Å²) in [6.45, 7) is 0. The molecule has 2 N–H and O–H groups in total. The number of aryl methyl sites for hydroxylation is 1. The summed E-state index contributed by atoms with van der Waals surface area (Å²) >= 11 is 0. The number of anilines is 2. The first-order chi connectivity index (χ1) is 12.1. The zero-order chi connectivity index (χ0) is 17.4. The summed E-state index contributed by atoms with van der Waals surface area (Å²) in [6.07, 6.45) is 2.19. The van der Waals surface area contributed by atoms with Gasteiger partial charge < -0.3 is 10.6 Å². The molecule has 4 rings (SSSR count). The van der Waals surface area contributed by atoms with E-state index in [0.29, 0.717) is 17.7 Å². The van der Waals surface area contributed by atoms with Crippen LogP contribution in [-0.4, -0.2) is 21.6 Å². The van der Waals surface area contributed by atoms with Gasteiger partial charge in [-0.15, -0.1) is 0 Å². The quantitative estimate of drug-likeness (QED) is 0.774. The Hall–Kier alpha value is -3.41. The van der Waals surface area contributed by atoms with Crippen molar-refractivity contribution in [3.05, 3.63) is 65.9 Å². The Kier molecular flexibility index (Phi) is 3.57. The van der Waals surface area contributed by atoms with Crippen molar-refractivity contribution in [3.63, 3.8) is 0 Å². The van der Waals surface area contributed by atoms with Crippen molar-refractivity contribution < 1.29 is 9.59 Å². The minimum atomic E-state index is -0.208. The van der Waals surface area contributed by atoms with E-state index in [0.717, 1.165) is 22.5 Å². The van der Waals surface area contributed by atoms with Crippen molar-refractivity contribution in [2.24, 2.45) is 7.05 Å². The Bertz CT molecular complexity index is 991. The topological polar surface area (TPSA) is 76.0 Å². The van der Waals surface area contributed by atoms with Gasteiger partial charge in [-0.25, -0.2) is 0 Å². The smallest absolute Gasteiger partial charge is 0.255 e. The summed E-state index contributed by atoms with van der Waals surface area (Å²) in [4.78, 5) is 23.9. The lowest BCUT2D eigenvalue weighted by Crippen LogP contribution is -2.12. The molecule has 25 heavy (non-hydrogen) atoms. The summed E-state index contributed by atoms with van der Waals surface area (Å²) in [5.41, 5.74) is 4.63. The van der Waals surface area contributed by atoms with E-state index in [-0.39, 0.29) is 11.8 Å². The fourth-order valence-electron chi connectivity index (χ4n) is 2.90. The molecule has 0 unspecified atom stereocenters. The molecule has 1 aromatic heterocycles. The number of nitrogens with one attached hydrogen (secondary N) is 2. The Morgan fingerprint density at radius 2 is 2.08 bits per heavy atom. The summed E-state index contributed by atoms with van der Waals surface area (Å²) in [5.74, 6) is -0.254. The first kappa shape index (κ1) is 15.1. The molecule has 6 heteroatoms. The Labute approximate surface area is 144 Å². The van der Waals surface area contributed by atoms with Gasteiger partial charge in [0.05, 0.1) is 12.1 Å². The molecular weight excluding hydrogens is 316 g/mol. The van der Waals surface area contributed by atoms with Crippen LogP contribution in [0.1, 0.15) is 15.9 Å². The average molecular weight is 332 g/mol. The number of nitrogens with zero attached hydrogens (tertiary/aromatic N) is 2. The Morgan fingerprint density at radius 3 is 2.88 bits per heavy atom. The van der Waals surface area contributed by atoms with Gasteiger partial charge in [0.1, 0.15) is 0 Å². The van der Waals surface area contributed by atoms with Crippen molar-refractivity contribution >= 4 is 23.2 Å². The molecule has 0 saturated heterocycles. The van der Waals surface area contributed by atoms with E-state index in [2.05, 4.69) is 15.7 Å². The number of hydrogen-bond donors (Lipinski definition) is 2. The van der Waals surface area contributed by atoms with E-state index in [1.165, 1.54) is 0 Å². The molecule has 0 atom stereocenters. The highest BCUT2D eigenvalue weighted by atomic mass is 16.2. The molecule has 0 spiro atoms. The van der Waals surface area contributed by atoms with Crippen molar-refractivity contribution in [2.45, 2.75) is 6.42 Å². The fraction of sp³-hybridized carbons (Fsp3) is 0.105. The summed E-state index contributed by atoms with van der Waals surface area (Å²) in [6, 6.07) is 14.7. The fourth-order valence-corrected chi connectivity index (χ4v) is 2.90. The minimum absolute atomic E-state index is 0.0457. The zero-order valence-corrected chi connectivity index (χ0v) is 13.6. The normalized spacial score (nSPS) is 12.6. The number of hydrogen-bond acceptors (Lipinski definition) is 3. The molecule has 0 bridgehead atoms. The van der Waals surface area contributed by atoms with Crippen LogP contribution in [0, 0.1) is 0 Å². The summed E-state index contributed by atoms with van der Waals surface area (Å²) in [5, 5.41) is 10.0. The zero-order valence-electron chi connectivity index (χ0n) is 13.6. The van der Waals surface area contributed by atoms with Crippen LogP contribution in [0.3, 0.4) is 0 Å². The van der Waals surface area contributed by atoms with E-state index in [9.17, 15) is 9.59 Å². The molecule has 124 valence electrons. The molecular formula is C19H16N4O2. The van der Waals surface area contributed by atoms with Crippen LogP contribution >= 0.6 is 0 Å². The Balaban J connectivity index is 1.55. The Morgan fingerprint density at radius 1 is 1.20 bits per heavy atom. The van der Waals surface area contributed by atoms with Gasteiger partial charge in [0, 0.05) is 35.7 Å². The number of rotatable bonds is 3. The molecule has 0 aliphatic carbocycles. The van der Waals surface area contributed by atoms with Gasteiger partial charge in [-0.05, 0) is 42.0 Å². The minimum Gasteiger partial charge on any atom is -0.326 e. The third kappa shape index (κ3) is 3.01.